The van der Waals surface area contributed by atoms with E-state index in [9.17, 15) is 4.79 Å². The van der Waals surface area contributed by atoms with Gasteiger partial charge in [-0.05, 0) is 24.6 Å². The number of carbonyl (C=O) groups excluding carboxylic acids is 1. The van der Waals surface area contributed by atoms with Gasteiger partial charge in [-0.15, -0.1) is 0 Å². The third-order valence-electron chi connectivity index (χ3n) is 2.30. The molecule has 90 valence electrons. The zero-order chi connectivity index (χ0) is 11.5. The highest BCUT2D eigenvalue weighted by Crippen LogP contribution is 2.21. The van der Waals surface area contributed by atoms with E-state index in [0.717, 1.165) is 5.75 Å². The van der Waals surface area contributed by atoms with E-state index in [-0.39, 0.29) is 13.5 Å². The molecule has 16 heavy (non-hydrogen) atoms. The van der Waals surface area contributed by atoms with Crippen molar-refractivity contribution in [1.29, 1.82) is 0 Å². The van der Waals surface area contributed by atoms with Crippen molar-refractivity contribution in [2.45, 2.75) is 12.5 Å². The van der Waals surface area contributed by atoms with Gasteiger partial charge >= 0.3 is 5.97 Å². The fourth-order valence-electron chi connectivity index (χ4n) is 1.27. The lowest BCUT2D eigenvalue weighted by atomic mass is 9.93. The van der Waals surface area contributed by atoms with Gasteiger partial charge in [-0.1, -0.05) is 12.1 Å². The lowest BCUT2D eigenvalue weighted by molar-refractivity contribution is -0.146. The molecule has 0 bridgehead atoms. The van der Waals surface area contributed by atoms with Crippen LogP contribution in [0.2, 0.25) is 0 Å². The Hall–Kier alpha value is -1.20. The summed E-state index contributed by atoms with van der Waals surface area (Å²) in [7, 11) is 2.90. The Labute approximate surface area is 102 Å². The van der Waals surface area contributed by atoms with Gasteiger partial charge in [0.25, 0.3) is 0 Å². The van der Waals surface area contributed by atoms with Crippen molar-refractivity contribution in [2.75, 3.05) is 14.2 Å². The number of esters is 1. The van der Waals surface area contributed by atoms with Crippen LogP contribution in [0.3, 0.4) is 0 Å². The van der Waals surface area contributed by atoms with Crippen molar-refractivity contribution >= 4 is 19.5 Å². The van der Waals surface area contributed by atoms with E-state index < -0.39 is 11.5 Å². The van der Waals surface area contributed by atoms with Crippen molar-refractivity contribution in [1.82, 2.24) is 0 Å². The Bertz CT molecular complexity index is 349. The number of benzene rings is 1. The first-order valence-corrected chi connectivity index (χ1v) is 4.54. The van der Waals surface area contributed by atoms with Crippen LogP contribution in [0.15, 0.2) is 24.3 Å². The van der Waals surface area contributed by atoms with Gasteiger partial charge < -0.3 is 15.2 Å². The minimum Gasteiger partial charge on any atom is -0.497 e. The number of nitrogens with two attached hydrogens (primary N) is 1. The van der Waals surface area contributed by atoms with Gasteiger partial charge in [0.1, 0.15) is 11.3 Å². The highest BCUT2D eigenvalue weighted by molar-refractivity contribution is 7.59. The van der Waals surface area contributed by atoms with Crippen molar-refractivity contribution in [3.05, 3.63) is 29.8 Å². The van der Waals surface area contributed by atoms with Gasteiger partial charge in [0.05, 0.1) is 14.2 Å². The molecule has 0 saturated carbocycles. The second-order valence-electron chi connectivity index (χ2n) is 3.42. The number of hydrogen-bond donors (Lipinski definition) is 1. The summed E-state index contributed by atoms with van der Waals surface area (Å²) < 4.78 is 9.64. The van der Waals surface area contributed by atoms with Crippen molar-refractivity contribution in [3.63, 3.8) is 0 Å². The van der Waals surface area contributed by atoms with Gasteiger partial charge in [0, 0.05) is 0 Å². The number of hydrogen-bond acceptors (Lipinski definition) is 4. The first kappa shape index (κ1) is 14.8. The normalized spacial score (nSPS) is 13.2. The summed E-state index contributed by atoms with van der Waals surface area (Å²) in [6.45, 7) is 1.61. The average Bonchev–Trinajstić information content (AvgIpc) is 2.28. The highest BCUT2D eigenvalue weighted by atomic mass is 32.1. The van der Waals surface area contributed by atoms with Crippen LogP contribution >= 0.6 is 13.5 Å². The van der Waals surface area contributed by atoms with Crippen LogP contribution in [0.5, 0.6) is 5.75 Å². The maximum Gasteiger partial charge on any atom is 0.330 e. The van der Waals surface area contributed by atoms with Gasteiger partial charge in [-0.25, -0.2) is 4.79 Å². The SMILES string of the molecule is COC(=O)[C@@](C)(N)c1ccc(OC)cc1.S. The number of carbonyl (C=O) groups is 1. The molecule has 0 spiro atoms. The summed E-state index contributed by atoms with van der Waals surface area (Å²) in [5.41, 5.74) is 5.43. The maximum absolute atomic E-state index is 11.4. The molecular weight excluding hydrogens is 226 g/mol. The Morgan fingerprint density at radius 3 is 2.12 bits per heavy atom. The van der Waals surface area contributed by atoms with Gasteiger partial charge in [-0.3, -0.25) is 0 Å². The van der Waals surface area contributed by atoms with E-state index >= 15 is 0 Å². The van der Waals surface area contributed by atoms with E-state index in [2.05, 4.69) is 4.74 Å². The predicted molar refractivity (Wildman–Crippen MR) is 66.9 cm³/mol. The lowest BCUT2D eigenvalue weighted by Gasteiger charge is -2.21. The minimum atomic E-state index is -1.12. The molecule has 1 rings (SSSR count). The molecule has 0 aliphatic rings. The smallest absolute Gasteiger partial charge is 0.330 e. The summed E-state index contributed by atoms with van der Waals surface area (Å²) in [5, 5.41) is 0. The molecule has 0 aliphatic heterocycles. The fourth-order valence-corrected chi connectivity index (χ4v) is 1.27. The molecular formula is C11H17NO3S. The molecule has 0 aliphatic carbocycles. The molecule has 0 aromatic heterocycles. The number of methoxy groups -OCH3 is 2. The van der Waals surface area contributed by atoms with Crippen LogP contribution < -0.4 is 10.5 Å². The van der Waals surface area contributed by atoms with Crippen molar-refractivity contribution in [3.8, 4) is 5.75 Å². The Kier molecular flexibility index (Phi) is 5.33. The van der Waals surface area contributed by atoms with Crippen LogP contribution in [-0.4, -0.2) is 20.2 Å². The molecule has 0 unspecified atom stereocenters. The number of ether oxygens (including phenoxy) is 2. The second-order valence-corrected chi connectivity index (χ2v) is 3.42. The van der Waals surface area contributed by atoms with E-state index in [1.165, 1.54) is 7.11 Å². The molecule has 0 saturated heterocycles. The van der Waals surface area contributed by atoms with E-state index in [4.69, 9.17) is 10.5 Å². The van der Waals surface area contributed by atoms with Crippen LogP contribution in [0, 0.1) is 0 Å². The van der Waals surface area contributed by atoms with Gasteiger partial charge in [0.2, 0.25) is 0 Å². The van der Waals surface area contributed by atoms with Crippen LogP contribution in [-0.2, 0) is 15.1 Å². The standard InChI is InChI=1S/C11H15NO3.H2S/c1-11(12,10(13)15-3)8-4-6-9(14-2)7-5-8;/h4-7H,12H2,1-3H3;1H2/t11-;/m0./s1. The third-order valence-corrected chi connectivity index (χ3v) is 2.30. The minimum absolute atomic E-state index is 0. The Morgan fingerprint density at radius 2 is 1.75 bits per heavy atom. The monoisotopic (exact) mass is 243 g/mol. The summed E-state index contributed by atoms with van der Waals surface area (Å²) in [4.78, 5) is 11.4. The molecule has 0 amide bonds. The molecule has 0 heterocycles. The molecule has 0 fully saturated rings. The van der Waals surface area contributed by atoms with Crippen LogP contribution in [0.25, 0.3) is 0 Å². The lowest BCUT2D eigenvalue weighted by Crippen LogP contribution is -2.42. The van der Waals surface area contributed by atoms with Gasteiger partial charge in [0.15, 0.2) is 0 Å². The quantitative estimate of drug-likeness (QED) is 0.809. The first-order chi connectivity index (χ1) is 7.02. The number of rotatable bonds is 3. The van der Waals surface area contributed by atoms with Gasteiger partial charge in [-0.2, -0.15) is 13.5 Å². The molecule has 1 aromatic rings. The fraction of sp³-hybridized carbons (Fsp3) is 0.364. The molecule has 5 heteroatoms. The highest BCUT2D eigenvalue weighted by Gasteiger charge is 2.31. The third kappa shape index (κ3) is 2.90. The first-order valence-electron chi connectivity index (χ1n) is 4.54. The van der Waals surface area contributed by atoms with Crippen molar-refractivity contribution < 1.29 is 14.3 Å². The van der Waals surface area contributed by atoms with Crippen LogP contribution in [0.1, 0.15) is 12.5 Å². The van der Waals surface area contributed by atoms with E-state index in [1.54, 1.807) is 38.3 Å². The maximum atomic E-state index is 11.4. The zero-order valence-electron chi connectivity index (χ0n) is 9.61. The topological polar surface area (TPSA) is 61.5 Å². The summed E-state index contributed by atoms with van der Waals surface area (Å²) >= 11 is 0. The van der Waals surface area contributed by atoms with E-state index in [0.29, 0.717) is 5.56 Å². The molecule has 4 nitrogen and oxygen atoms in total. The largest absolute Gasteiger partial charge is 0.497 e. The molecule has 0 radical (unpaired) electrons. The summed E-state index contributed by atoms with van der Waals surface area (Å²) in [6.07, 6.45) is 0. The predicted octanol–water partition coefficient (Wildman–Crippen LogP) is 1.15. The van der Waals surface area contributed by atoms with Crippen LogP contribution in [0.4, 0.5) is 0 Å². The summed E-state index contributed by atoms with van der Waals surface area (Å²) in [6, 6.07) is 7.00. The molecule has 1 atom stereocenters. The molecule has 2 N–H and O–H groups in total. The Morgan fingerprint density at radius 1 is 1.25 bits per heavy atom. The zero-order valence-corrected chi connectivity index (χ0v) is 10.6. The van der Waals surface area contributed by atoms with Crippen molar-refractivity contribution in [2.24, 2.45) is 5.73 Å². The Balaban J connectivity index is 0.00000225. The summed E-state index contributed by atoms with van der Waals surface area (Å²) in [5.74, 6) is 0.257. The average molecular weight is 243 g/mol. The van der Waals surface area contributed by atoms with E-state index in [1.807, 2.05) is 0 Å². The molecule has 1 aromatic carbocycles. The second kappa shape index (κ2) is 5.77.